The fraction of sp³-hybridized carbons (Fsp3) is 0.400. The van der Waals surface area contributed by atoms with Crippen LogP contribution < -0.4 is 5.32 Å². The first-order valence-electron chi connectivity index (χ1n) is 10.1. The third-order valence-electron chi connectivity index (χ3n) is 5.34. The lowest BCUT2D eigenvalue weighted by molar-refractivity contribution is -0.139. The molecule has 0 fully saturated rings. The van der Waals surface area contributed by atoms with Gasteiger partial charge in [-0.1, -0.05) is 68.8 Å². The van der Waals surface area contributed by atoms with E-state index >= 15 is 0 Å². The van der Waals surface area contributed by atoms with E-state index in [1.165, 1.54) is 6.08 Å². The summed E-state index contributed by atoms with van der Waals surface area (Å²) in [5.41, 5.74) is 3.63. The average Bonchev–Trinajstić information content (AvgIpc) is 2.63. The van der Waals surface area contributed by atoms with Crippen molar-refractivity contribution in [1.29, 1.82) is 0 Å². The van der Waals surface area contributed by atoms with Crippen LogP contribution in [0.25, 0.3) is 6.08 Å². The smallest absolute Gasteiger partial charge is 0.352 e. The molecule has 0 spiro atoms. The van der Waals surface area contributed by atoms with E-state index in [-0.39, 0.29) is 18.0 Å². The van der Waals surface area contributed by atoms with E-state index in [1.54, 1.807) is 30.3 Å². The summed E-state index contributed by atoms with van der Waals surface area (Å²) < 4.78 is 41.3. The second-order valence-electron chi connectivity index (χ2n) is 8.94. The number of carbonyl (C=O) groups excluding carboxylic acids is 1. The standard InChI is InChI=1S/C25H29ClF3NO/c1-15-11-20(12-16(2)17(15)3)21(25(27,28)29)10-8-18-7-9-19(22(26)13-18)14-30-23(31)24(4,5)6/h7-13,21H,14H2,1-6H3,(H,30,31)/b10-8+. The molecule has 0 bridgehead atoms. The van der Waals surface area contributed by atoms with Crippen molar-refractivity contribution in [2.45, 2.75) is 60.2 Å². The van der Waals surface area contributed by atoms with Crippen LogP contribution in [0, 0.1) is 26.2 Å². The normalized spacial score (nSPS) is 13.5. The van der Waals surface area contributed by atoms with E-state index < -0.39 is 17.5 Å². The maximum atomic E-state index is 13.8. The van der Waals surface area contributed by atoms with Crippen molar-refractivity contribution >= 4 is 23.6 Å². The summed E-state index contributed by atoms with van der Waals surface area (Å²) in [5, 5.41) is 3.21. The van der Waals surface area contributed by atoms with Gasteiger partial charge in [0.05, 0.1) is 5.92 Å². The summed E-state index contributed by atoms with van der Waals surface area (Å²) in [7, 11) is 0. The van der Waals surface area contributed by atoms with Crippen molar-refractivity contribution in [2.24, 2.45) is 5.41 Å². The Balaban J connectivity index is 2.25. The predicted octanol–water partition coefficient (Wildman–Crippen LogP) is 7.29. The Bertz CT molecular complexity index is 964. The minimum absolute atomic E-state index is 0.107. The first kappa shape index (κ1) is 25.0. The second kappa shape index (κ2) is 9.47. The van der Waals surface area contributed by atoms with Gasteiger partial charge >= 0.3 is 6.18 Å². The highest BCUT2D eigenvalue weighted by molar-refractivity contribution is 6.31. The molecule has 2 aromatic carbocycles. The lowest BCUT2D eigenvalue weighted by Crippen LogP contribution is -2.34. The molecule has 0 aliphatic heterocycles. The summed E-state index contributed by atoms with van der Waals surface area (Å²) in [6, 6.07) is 8.21. The summed E-state index contributed by atoms with van der Waals surface area (Å²) in [6.07, 6.45) is -1.81. The van der Waals surface area contributed by atoms with E-state index in [4.69, 9.17) is 11.6 Å². The van der Waals surface area contributed by atoms with Gasteiger partial charge in [-0.2, -0.15) is 13.2 Å². The number of nitrogens with one attached hydrogen (secondary N) is 1. The zero-order valence-corrected chi connectivity index (χ0v) is 19.5. The number of aryl methyl sites for hydroxylation is 2. The molecule has 31 heavy (non-hydrogen) atoms. The largest absolute Gasteiger partial charge is 0.399 e. The molecule has 0 heterocycles. The maximum absolute atomic E-state index is 13.8. The van der Waals surface area contributed by atoms with Gasteiger partial charge in [-0.25, -0.2) is 0 Å². The van der Waals surface area contributed by atoms with Crippen LogP contribution in [-0.2, 0) is 11.3 Å². The Morgan fingerprint density at radius 2 is 1.65 bits per heavy atom. The molecule has 168 valence electrons. The van der Waals surface area contributed by atoms with Crippen LogP contribution >= 0.6 is 11.6 Å². The molecule has 2 aromatic rings. The highest BCUT2D eigenvalue weighted by Gasteiger charge is 2.39. The van der Waals surface area contributed by atoms with Gasteiger partial charge in [-0.05, 0) is 60.2 Å². The zero-order chi connectivity index (χ0) is 23.6. The topological polar surface area (TPSA) is 29.1 Å². The lowest BCUT2D eigenvalue weighted by atomic mass is 9.91. The van der Waals surface area contributed by atoms with Crippen molar-refractivity contribution in [1.82, 2.24) is 5.32 Å². The van der Waals surface area contributed by atoms with Gasteiger partial charge in [0.25, 0.3) is 0 Å². The number of halogens is 4. The molecule has 0 radical (unpaired) electrons. The Labute approximate surface area is 187 Å². The van der Waals surface area contributed by atoms with E-state index in [0.717, 1.165) is 22.8 Å². The summed E-state index contributed by atoms with van der Waals surface area (Å²) >= 11 is 6.30. The van der Waals surface area contributed by atoms with Gasteiger partial charge in [0.1, 0.15) is 0 Å². The number of benzene rings is 2. The molecule has 1 unspecified atom stereocenters. The van der Waals surface area contributed by atoms with E-state index in [9.17, 15) is 18.0 Å². The Kier molecular flexibility index (Phi) is 7.64. The highest BCUT2D eigenvalue weighted by atomic mass is 35.5. The number of alkyl halides is 3. The second-order valence-corrected chi connectivity index (χ2v) is 9.35. The molecular weight excluding hydrogens is 423 g/mol. The van der Waals surface area contributed by atoms with E-state index in [0.29, 0.717) is 16.1 Å². The molecule has 0 aliphatic carbocycles. The van der Waals surface area contributed by atoms with Gasteiger partial charge in [0.15, 0.2) is 0 Å². The van der Waals surface area contributed by atoms with Gasteiger partial charge in [-0.3, -0.25) is 4.79 Å². The number of rotatable bonds is 5. The quantitative estimate of drug-likeness (QED) is 0.508. The molecule has 0 aliphatic rings. The van der Waals surface area contributed by atoms with Crippen molar-refractivity contribution in [3.63, 3.8) is 0 Å². The monoisotopic (exact) mass is 451 g/mol. The van der Waals surface area contributed by atoms with Crippen LogP contribution in [0.5, 0.6) is 0 Å². The first-order valence-corrected chi connectivity index (χ1v) is 10.5. The third-order valence-corrected chi connectivity index (χ3v) is 5.69. The summed E-state index contributed by atoms with van der Waals surface area (Å²) in [6.45, 7) is 11.2. The first-order chi connectivity index (χ1) is 14.2. The zero-order valence-electron chi connectivity index (χ0n) is 18.7. The SMILES string of the molecule is Cc1cc(C(/C=C/c2ccc(CNC(=O)C(C)(C)C)c(Cl)c2)C(F)(F)F)cc(C)c1C. The minimum Gasteiger partial charge on any atom is -0.352 e. The molecule has 1 N–H and O–H groups in total. The molecule has 0 saturated heterocycles. The van der Waals surface area contributed by atoms with Crippen LogP contribution in [0.1, 0.15) is 60.1 Å². The molecule has 0 aromatic heterocycles. The Hall–Kier alpha value is -2.27. The molecule has 1 amide bonds. The van der Waals surface area contributed by atoms with Crippen molar-refractivity contribution < 1.29 is 18.0 Å². The van der Waals surface area contributed by atoms with Gasteiger partial charge in [0.2, 0.25) is 5.91 Å². The van der Waals surface area contributed by atoms with Crippen LogP contribution in [0.2, 0.25) is 5.02 Å². The number of allylic oxidation sites excluding steroid dienone is 1. The summed E-state index contributed by atoms with van der Waals surface area (Å²) in [4.78, 5) is 12.0. The van der Waals surface area contributed by atoms with Gasteiger partial charge < -0.3 is 5.32 Å². The highest BCUT2D eigenvalue weighted by Crippen LogP contribution is 2.38. The van der Waals surface area contributed by atoms with E-state index in [1.807, 2.05) is 41.5 Å². The van der Waals surface area contributed by atoms with E-state index in [2.05, 4.69) is 5.32 Å². The molecular formula is C25H29ClF3NO. The lowest BCUT2D eigenvalue weighted by Gasteiger charge is -2.20. The molecule has 2 nitrogen and oxygen atoms in total. The minimum atomic E-state index is -4.41. The molecule has 0 saturated carbocycles. The fourth-order valence-electron chi connectivity index (χ4n) is 3.12. The molecule has 2 rings (SSSR count). The van der Waals surface area contributed by atoms with Crippen LogP contribution in [0.4, 0.5) is 13.2 Å². The van der Waals surface area contributed by atoms with Crippen LogP contribution in [0.3, 0.4) is 0 Å². The van der Waals surface area contributed by atoms with Gasteiger partial charge in [-0.15, -0.1) is 0 Å². The number of hydrogen-bond donors (Lipinski definition) is 1. The predicted molar refractivity (Wildman–Crippen MR) is 121 cm³/mol. The Morgan fingerprint density at radius 3 is 2.13 bits per heavy atom. The van der Waals surface area contributed by atoms with Crippen molar-refractivity contribution in [3.05, 3.63) is 74.8 Å². The fourth-order valence-corrected chi connectivity index (χ4v) is 3.37. The molecule has 6 heteroatoms. The number of hydrogen-bond acceptors (Lipinski definition) is 1. The Morgan fingerprint density at radius 1 is 1.06 bits per heavy atom. The number of amides is 1. The van der Waals surface area contributed by atoms with Crippen LogP contribution in [0.15, 0.2) is 36.4 Å². The third kappa shape index (κ3) is 6.60. The van der Waals surface area contributed by atoms with Gasteiger partial charge in [0, 0.05) is 17.0 Å². The number of carbonyl (C=O) groups is 1. The maximum Gasteiger partial charge on any atom is 0.399 e. The van der Waals surface area contributed by atoms with Crippen molar-refractivity contribution in [2.75, 3.05) is 0 Å². The molecule has 1 atom stereocenters. The van der Waals surface area contributed by atoms with Crippen molar-refractivity contribution in [3.8, 4) is 0 Å². The van der Waals surface area contributed by atoms with Crippen LogP contribution in [-0.4, -0.2) is 12.1 Å². The average molecular weight is 452 g/mol. The summed E-state index contributed by atoms with van der Waals surface area (Å²) in [5.74, 6) is -1.82.